The van der Waals surface area contributed by atoms with Crippen LogP contribution in [-0.4, -0.2) is 4.98 Å². The molecule has 1 aromatic carbocycles. The highest BCUT2D eigenvalue weighted by molar-refractivity contribution is 6.16. The molecule has 2 aromatic rings. The minimum absolute atomic E-state index is 0.0988. The lowest BCUT2D eigenvalue weighted by molar-refractivity contribution is 0.330. The maximum absolute atomic E-state index is 13.0. The fourth-order valence-electron chi connectivity index (χ4n) is 1.18. The Labute approximate surface area is 96.8 Å². The largest absolute Gasteiger partial charge is 0.417 e. The Bertz CT molecular complexity index is 498. The number of aryl methyl sites for hydroxylation is 1. The van der Waals surface area contributed by atoms with E-state index in [0.717, 1.165) is 0 Å². The molecule has 3 nitrogen and oxygen atoms in total. The van der Waals surface area contributed by atoms with E-state index in [1.54, 1.807) is 13.0 Å². The molecule has 84 valence electrons. The number of hydrogen-bond acceptors (Lipinski definition) is 3. The van der Waals surface area contributed by atoms with Gasteiger partial charge >= 0.3 is 6.08 Å². The van der Waals surface area contributed by atoms with E-state index in [9.17, 15) is 4.39 Å². The van der Waals surface area contributed by atoms with Crippen molar-refractivity contribution in [3.63, 3.8) is 0 Å². The van der Waals surface area contributed by atoms with Crippen LogP contribution in [0.2, 0.25) is 0 Å². The number of nitrogens with zero attached hydrogens (tertiary/aromatic N) is 1. The van der Waals surface area contributed by atoms with Gasteiger partial charge in [-0.15, -0.1) is 11.6 Å². The zero-order chi connectivity index (χ0) is 11.5. The number of halogens is 2. The third-order valence-corrected chi connectivity index (χ3v) is 2.28. The fraction of sp³-hybridized carbons (Fsp3) is 0.182. The zero-order valence-corrected chi connectivity index (χ0v) is 9.29. The molecule has 0 saturated carbocycles. The molecule has 0 radical (unpaired) electrons. The first kappa shape index (κ1) is 11.0. The third-order valence-electron chi connectivity index (χ3n) is 2.00. The molecule has 2 rings (SSSR count). The highest BCUT2D eigenvalue weighted by Gasteiger charge is 2.06. The molecule has 1 aromatic heterocycles. The van der Waals surface area contributed by atoms with Crippen LogP contribution in [0.5, 0.6) is 11.8 Å². The summed E-state index contributed by atoms with van der Waals surface area (Å²) >= 11 is 5.56. The number of oxazole rings is 1. The molecule has 0 unspecified atom stereocenters. The van der Waals surface area contributed by atoms with Gasteiger partial charge in [-0.25, -0.2) is 4.39 Å². The summed E-state index contributed by atoms with van der Waals surface area (Å²) in [4.78, 5) is 3.96. The van der Waals surface area contributed by atoms with Gasteiger partial charge in [0.05, 0.1) is 11.6 Å². The summed E-state index contributed by atoms with van der Waals surface area (Å²) in [6.45, 7) is 1.65. The summed E-state index contributed by atoms with van der Waals surface area (Å²) in [6.07, 6.45) is 1.51. The third kappa shape index (κ3) is 2.33. The molecular weight excluding hydrogens is 233 g/mol. The average molecular weight is 242 g/mol. The number of alkyl halides is 1. The first-order valence-corrected chi connectivity index (χ1v) is 5.17. The van der Waals surface area contributed by atoms with Crippen molar-refractivity contribution in [2.45, 2.75) is 12.8 Å². The van der Waals surface area contributed by atoms with Crippen LogP contribution >= 0.6 is 11.6 Å². The molecule has 1 heterocycles. The number of rotatable bonds is 3. The predicted molar refractivity (Wildman–Crippen MR) is 57.3 cm³/mol. The van der Waals surface area contributed by atoms with E-state index in [2.05, 4.69) is 4.98 Å². The van der Waals surface area contributed by atoms with Gasteiger partial charge in [0.15, 0.2) is 0 Å². The Morgan fingerprint density at radius 3 is 2.94 bits per heavy atom. The molecule has 0 aliphatic rings. The van der Waals surface area contributed by atoms with Gasteiger partial charge in [0.1, 0.15) is 17.8 Å². The summed E-state index contributed by atoms with van der Waals surface area (Å²) in [5.41, 5.74) is 1.09. The number of ether oxygens (including phenoxy) is 1. The van der Waals surface area contributed by atoms with Crippen molar-refractivity contribution in [3.8, 4) is 11.8 Å². The highest BCUT2D eigenvalue weighted by atomic mass is 35.5. The molecule has 0 saturated heterocycles. The molecule has 0 spiro atoms. The van der Waals surface area contributed by atoms with Gasteiger partial charge in [-0.3, -0.25) is 0 Å². The Balaban J connectivity index is 2.17. The van der Waals surface area contributed by atoms with Crippen molar-refractivity contribution in [2.75, 3.05) is 0 Å². The van der Waals surface area contributed by atoms with E-state index in [1.165, 1.54) is 18.4 Å². The molecule has 0 atom stereocenters. The maximum Gasteiger partial charge on any atom is 0.399 e. The standard InChI is InChI=1S/C11H9ClFNO2/c1-7-4-9(2-3-10(7)13)16-11-14-8(5-12)6-15-11/h2-4,6H,5H2,1H3. The Kier molecular flexibility index (Phi) is 3.10. The predicted octanol–water partition coefficient (Wildman–Crippen LogP) is 3.65. The second-order valence-corrected chi connectivity index (χ2v) is 3.52. The lowest BCUT2D eigenvalue weighted by Crippen LogP contribution is -1.87. The Hall–Kier alpha value is -1.55. The SMILES string of the molecule is Cc1cc(Oc2nc(CCl)co2)ccc1F. The second-order valence-electron chi connectivity index (χ2n) is 3.25. The van der Waals surface area contributed by atoms with Gasteiger partial charge in [0.2, 0.25) is 0 Å². The molecule has 0 bridgehead atoms. The lowest BCUT2D eigenvalue weighted by Gasteiger charge is -2.02. The summed E-state index contributed by atoms with van der Waals surface area (Å²) in [6, 6.07) is 4.41. The van der Waals surface area contributed by atoms with E-state index in [4.69, 9.17) is 20.8 Å². The van der Waals surface area contributed by atoms with Crippen molar-refractivity contribution in [3.05, 3.63) is 41.5 Å². The van der Waals surface area contributed by atoms with E-state index >= 15 is 0 Å². The van der Waals surface area contributed by atoms with Gasteiger partial charge in [-0.05, 0) is 30.7 Å². The summed E-state index contributed by atoms with van der Waals surface area (Å²) < 4.78 is 23.3. The zero-order valence-electron chi connectivity index (χ0n) is 8.54. The van der Waals surface area contributed by atoms with Gasteiger partial charge in [0, 0.05) is 0 Å². The van der Waals surface area contributed by atoms with E-state index in [1.807, 2.05) is 0 Å². The Morgan fingerprint density at radius 2 is 2.31 bits per heavy atom. The molecule has 0 aliphatic heterocycles. The maximum atomic E-state index is 13.0. The van der Waals surface area contributed by atoms with Crippen molar-refractivity contribution < 1.29 is 13.5 Å². The number of hydrogen-bond donors (Lipinski definition) is 0. The van der Waals surface area contributed by atoms with Crippen LogP contribution in [0.25, 0.3) is 0 Å². The number of benzene rings is 1. The Morgan fingerprint density at radius 1 is 1.50 bits per heavy atom. The van der Waals surface area contributed by atoms with Crippen LogP contribution in [0.1, 0.15) is 11.3 Å². The molecule has 16 heavy (non-hydrogen) atoms. The number of aromatic nitrogens is 1. The van der Waals surface area contributed by atoms with Crippen molar-refractivity contribution in [1.82, 2.24) is 4.98 Å². The van der Waals surface area contributed by atoms with Crippen LogP contribution in [0.3, 0.4) is 0 Å². The fourth-order valence-corrected chi connectivity index (χ4v) is 1.30. The van der Waals surface area contributed by atoms with Crippen LogP contribution < -0.4 is 4.74 Å². The summed E-state index contributed by atoms with van der Waals surface area (Å²) in [5, 5.41) is 0. The quantitative estimate of drug-likeness (QED) is 0.770. The average Bonchev–Trinajstić information content (AvgIpc) is 2.71. The minimum Gasteiger partial charge on any atom is -0.417 e. The highest BCUT2D eigenvalue weighted by Crippen LogP contribution is 2.23. The van der Waals surface area contributed by atoms with Gasteiger partial charge in [0.25, 0.3) is 0 Å². The normalized spacial score (nSPS) is 10.4. The molecule has 0 aliphatic carbocycles. The second kappa shape index (κ2) is 4.53. The smallest absolute Gasteiger partial charge is 0.399 e. The van der Waals surface area contributed by atoms with Crippen LogP contribution in [0.4, 0.5) is 4.39 Å². The molecule has 0 N–H and O–H groups in total. The van der Waals surface area contributed by atoms with Crippen molar-refractivity contribution >= 4 is 11.6 Å². The summed E-state index contributed by atoms with van der Waals surface area (Å²) in [5.74, 6) is 0.457. The topological polar surface area (TPSA) is 35.3 Å². The molecule has 0 fully saturated rings. The van der Waals surface area contributed by atoms with Crippen molar-refractivity contribution in [2.24, 2.45) is 0 Å². The van der Waals surface area contributed by atoms with Crippen LogP contribution in [-0.2, 0) is 5.88 Å². The van der Waals surface area contributed by atoms with E-state index in [0.29, 0.717) is 17.0 Å². The molecule has 5 heteroatoms. The lowest BCUT2D eigenvalue weighted by atomic mass is 10.2. The van der Waals surface area contributed by atoms with Crippen LogP contribution in [0, 0.1) is 12.7 Å². The first-order valence-electron chi connectivity index (χ1n) is 4.63. The van der Waals surface area contributed by atoms with Crippen LogP contribution in [0.15, 0.2) is 28.9 Å². The van der Waals surface area contributed by atoms with Gasteiger partial charge in [-0.2, -0.15) is 4.98 Å². The van der Waals surface area contributed by atoms with E-state index in [-0.39, 0.29) is 17.8 Å². The first-order chi connectivity index (χ1) is 7.69. The van der Waals surface area contributed by atoms with E-state index < -0.39 is 0 Å². The van der Waals surface area contributed by atoms with Crippen molar-refractivity contribution in [1.29, 1.82) is 0 Å². The minimum atomic E-state index is -0.277. The monoisotopic (exact) mass is 241 g/mol. The van der Waals surface area contributed by atoms with Gasteiger partial charge < -0.3 is 9.15 Å². The summed E-state index contributed by atoms with van der Waals surface area (Å²) in [7, 11) is 0. The molecular formula is C11H9ClFNO2. The van der Waals surface area contributed by atoms with Gasteiger partial charge in [-0.1, -0.05) is 0 Å². The molecule has 0 amide bonds.